The van der Waals surface area contributed by atoms with E-state index in [0.29, 0.717) is 6.42 Å². The molecule has 68 valence electrons. The van der Waals surface area contributed by atoms with Gasteiger partial charge in [0.05, 0.1) is 0 Å². The van der Waals surface area contributed by atoms with E-state index in [4.69, 9.17) is 4.74 Å². The van der Waals surface area contributed by atoms with Crippen LogP contribution in [0.5, 0.6) is 0 Å². The lowest BCUT2D eigenvalue weighted by Crippen LogP contribution is -2.10. The van der Waals surface area contributed by atoms with Crippen molar-refractivity contribution in [1.29, 1.82) is 0 Å². The molecule has 0 fully saturated rings. The molecule has 2 aliphatic rings. The zero-order valence-electron chi connectivity index (χ0n) is 7.21. The number of ketones is 1. The molecule has 2 rings (SSSR count). The molecule has 0 unspecified atom stereocenters. The monoisotopic (exact) mass is 178 g/mol. The molecule has 0 atom stereocenters. The van der Waals surface area contributed by atoms with Gasteiger partial charge in [-0.1, -0.05) is 0 Å². The Kier molecular flexibility index (Phi) is 2.00. The summed E-state index contributed by atoms with van der Waals surface area (Å²) in [5.74, 6) is 0.351. The van der Waals surface area contributed by atoms with E-state index >= 15 is 0 Å². The molecule has 3 heteroatoms. The molecule has 0 aromatic carbocycles. The van der Waals surface area contributed by atoms with Crippen LogP contribution < -0.4 is 0 Å². The molecule has 13 heavy (non-hydrogen) atoms. The number of carbonyl (C=O) groups excluding carboxylic acids is 2. The van der Waals surface area contributed by atoms with Gasteiger partial charge in [-0.2, -0.15) is 0 Å². The summed E-state index contributed by atoms with van der Waals surface area (Å²) in [6.07, 6.45) is 5.54. The maximum atomic E-state index is 11.1. The van der Waals surface area contributed by atoms with Crippen molar-refractivity contribution in [3.8, 4) is 0 Å². The number of allylic oxidation sites excluding steroid dienone is 3. The predicted molar refractivity (Wildman–Crippen MR) is 45.7 cm³/mol. The highest BCUT2D eigenvalue weighted by Gasteiger charge is 2.22. The van der Waals surface area contributed by atoms with Gasteiger partial charge in [-0.25, -0.2) is 4.79 Å². The summed E-state index contributed by atoms with van der Waals surface area (Å²) in [7, 11) is 0. The van der Waals surface area contributed by atoms with Crippen LogP contribution in [0.25, 0.3) is 0 Å². The van der Waals surface area contributed by atoms with Gasteiger partial charge in [-0.3, -0.25) is 4.79 Å². The van der Waals surface area contributed by atoms with E-state index < -0.39 is 5.97 Å². The number of hydrogen-bond donors (Lipinski definition) is 0. The second-order valence-electron chi connectivity index (χ2n) is 3.25. The maximum absolute atomic E-state index is 11.1. The summed E-state index contributed by atoms with van der Waals surface area (Å²) in [5.41, 5.74) is 1.13. The molecule has 0 N–H and O–H groups in total. The van der Waals surface area contributed by atoms with Crippen molar-refractivity contribution < 1.29 is 14.3 Å². The molecule has 0 saturated carbocycles. The molecule has 1 aliphatic heterocycles. The molecule has 0 aromatic rings. The maximum Gasteiger partial charge on any atom is 0.335 e. The van der Waals surface area contributed by atoms with Gasteiger partial charge < -0.3 is 4.74 Å². The minimum Gasteiger partial charge on any atom is -0.428 e. The van der Waals surface area contributed by atoms with E-state index in [2.05, 4.69) is 0 Å². The number of esters is 1. The average Bonchev–Trinajstić information content (AvgIpc) is 2.11. The predicted octanol–water partition coefficient (Wildman–Crippen LogP) is 1.50. The van der Waals surface area contributed by atoms with Crippen LogP contribution in [0.4, 0.5) is 0 Å². The molecule has 1 heterocycles. The lowest BCUT2D eigenvalue weighted by molar-refractivity contribution is -0.134. The first-order valence-electron chi connectivity index (χ1n) is 4.39. The molecule has 3 nitrogen and oxygen atoms in total. The smallest absolute Gasteiger partial charge is 0.335 e. The standard InChI is InChI=1S/C10H10O3/c11-8-3-1-7-2-5-9(7)13-10(12)6-4-8/h4,6H,1-3,5H2. The first-order valence-corrected chi connectivity index (χ1v) is 4.39. The van der Waals surface area contributed by atoms with Crippen LogP contribution in [0.15, 0.2) is 23.5 Å². The van der Waals surface area contributed by atoms with Crippen LogP contribution in [-0.4, -0.2) is 11.8 Å². The van der Waals surface area contributed by atoms with Crippen molar-refractivity contribution in [1.82, 2.24) is 0 Å². The van der Waals surface area contributed by atoms with Crippen molar-refractivity contribution in [3.63, 3.8) is 0 Å². The summed E-state index contributed by atoms with van der Waals surface area (Å²) in [5, 5.41) is 0. The fraction of sp³-hybridized carbons (Fsp3) is 0.400. The highest BCUT2D eigenvalue weighted by Crippen LogP contribution is 2.32. The van der Waals surface area contributed by atoms with E-state index in [0.717, 1.165) is 30.6 Å². The Hall–Kier alpha value is -1.38. The van der Waals surface area contributed by atoms with Crippen LogP contribution in [0.3, 0.4) is 0 Å². The third-order valence-corrected chi connectivity index (χ3v) is 2.35. The molecule has 0 saturated heterocycles. The van der Waals surface area contributed by atoms with Crippen LogP contribution >= 0.6 is 0 Å². The zero-order chi connectivity index (χ0) is 9.26. The Labute approximate surface area is 76.1 Å². The third kappa shape index (κ3) is 1.69. The Balaban J connectivity index is 2.20. The fourth-order valence-electron chi connectivity index (χ4n) is 1.47. The number of ether oxygens (including phenoxy) is 1. The topological polar surface area (TPSA) is 43.4 Å². The van der Waals surface area contributed by atoms with E-state index in [-0.39, 0.29) is 5.78 Å². The summed E-state index contributed by atoms with van der Waals surface area (Å²) >= 11 is 0. The number of hydrogen-bond acceptors (Lipinski definition) is 3. The number of rotatable bonds is 0. The molecular weight excluding hydrogens is 168 g/mol. The van der Waals surface area contributed by atoms with Crippen LogP contribution in [0.1, 0.15) is 25.7 Å². The molecule has 0 spiro atoms. The van der Waals surface area contributed by atoms with Crippen LogP contribution in [0.2, 0.25) is 0 Å². The van der Waals surface area contributed by atoms with Crippen molar-refractivity contribution in [2.24, 2.45) is 0 Å². The minimum atomic E-state index is -0.428. The summed E-state index contributed by atoms with van der Waals surface area (Å²) in [6, 6.07) is 0. The SMILES string of the molecule is O=C1C=CC(=O)OC2=C(CC1)CC2. The Bertz CT molecular complexity index is 323. The van der Waals surface area contributed by atoms with Gasteiger partial charge in [0.25, 0.3) is 0 Å². The highest BCUT2D eigenvalue weighted by molar-refractivity contribution is 5.96. The van der Waals surface area contributed by atoms with Gasteiger partial charge in [0.2, 0.25) is 0 Å². The second kappa shape index (κ2) is 3.17. The van der Waals surface area contributed by atoms with Crippen molar-refractivity contribution in [3.05, 3.63) is 23.5 Å². The fourth-order valence-corrected chi connectivity index (χ4v) is 1.47. The Morgan fingerprint density at radius 1 is 1.00 bits per heavy atom. The largest absolute Gasteiger partial charge is 0.428 e. The van der Waals surface area contributed by atoms with Gasteiger partial charge in [-0.15, -0.1) is 0 Å². The van der Waals surface area contributed by atoms with Gasteiger partial charge >= 0.3 is 5.97 Å². The van der Waals surface area contributed by atoms with Crippen LogP contribution in [-0.2, 0) is 14.3 Å². The molecule has 0 aromatic heterocycles. The summed E-state index contributed by atoms with van der Waals surface area (Å²) in [4.78, 5) is 22.1. The highest BCUT2D eigenvalue weighted by atomic mass is 16.5. The minimum absolute atomic E-state index is 0.00222. The normalized spacial score (nSPS) is 22.5. The van der Waals surface area contributed by atoms with Gasteiger partial charge in [-0.05, 0) is 24.5 Å². The lowest BCUT2D eigenvalue weighted by atomic mass is 9.91. The number of carbonyl (C=O) groups is 2. The van der Waals surface area contributed by atoms with Crippen molar-refractivity contribution in [2.75, 3.05) is 0 Å². The quantitative estimate of drug-likeness (QED) is 0.528. The molecule has 1 aliphatic carbocycles. The van der Waals surface area contributed by atoms with Crippen molar-refractivity contribution in [2.45, 2.75) is 25.7 Å². The van der Waals surface area contributed by atoms with E-state index in [9.17, 15) is 9.59 Å². The molecular formula is C10H10O3. The second-order valence-corrected chi connectivity index (χ2v) is 3.25. The summed E-state index contributed by atoms with van der Waals surface area (Å²) in [6.45, 7) is 0. The Morgan fingerprint density at radius 3 is 2.46 bits per heavy atom. The summed E-state index contributed by atoms with van der Waals surface area (Å²) < 4.78 is 5.02. The van der Waals surface area contributed by atoms with Gasteiger partial charge in [0.1, 0.15) is 5.76 Å². The third-order valence-electron chi connectivity index (χ3n) is 2.35. The van der Waals surface area contributed by atoms with Crippen molar-refractivity contribution >= 4 is 11.8 Å². The van der Waals surface area contributed by atoms with Crippen LogP contribution in [0, 0.1) is 0 Å². The van der Waals surface area contributed by atoms with E-state index in [1.807, 2.05) is 0 Å². The Morgan fingerprint density at radius 2 is 1.77 bits per heavy atom. The zero-order valence-corrected chi connectivity index (χ0v) is 7.21. The lowest BCUT2D eigenvalue weighted by Gasteiger charge is -2.21. The molecule has 0 radical (unpaired) electrons. The van der Waals surface area contributed by atoms with Gasteiger partial charge in [0.15, 0.2) is 5.78 Å². The average molecular weight is 178 g/mol. The first kappa shape index (κ1) is 8.23. The molecule has 0 amide bonds. The van der Waals surface area contributed by atoms with E-state index in [1.54, 1.807) is 0 Å². The first-order chi connectivity index (χ1) is 6.25. The van der Waals surface area contributed by atoms with E-state index in [1.165, 1.54) is 12.2 Å². The molecule has 0 bridgehead atoms. The van der Waals surface area contributed by atoms with Gasteiger partial charge in [0, 0.05) is 18.9 Å².